The number of nitrogens with two attached hydrogens (primary N) is 1. The van der Waals surface area contributed by atoms with Crippen LogP contribution in [0.15, 0.2) is 16.5 Å². The second-order valence-electron chi connectivity index (χ2n) is 5.37. The van der Waals surface area contributed by atoms with Crippen molar-refractivity contribution >= 4 is 0 Å². The van der Waals surface area contributed by atoms with Gasteiger partial charge in [-0.2, -0.15) is 0 Å². The number of nitrogens with zero attached hydrogens (tertiary/aromatic N) is 1. The second kappa shape index (κ2) is 7.08. The maximum Gasteiger partial charge on any atom is 0.121 e. The molecule has 0 aromatic carbocycles. The number of hydrogen-bond acceptors (Lipinski definition) is 4. The van der Waals surface area contributed by atoms with Crippen LogP contribution in [0.1, 0.15) is 43.7 Å². The molecular formula is C15H26N2O2. The summed E-state index contributed by atoms with van der Waals surface area (Å²) in [5.74, 6) is 2.06. The van der Waals surface area contributed by atoms with Gasteiger partial charge < -0.3 is 14.9 Å². The lowest BCUT2D eigenvalue weighted by atomic mass is 10.0. The van der Waals surface area contributed by atoms with Crippen molar-refractivity contribution in [3.05, 3.63) is 23.7 Å². The van der Waals surface area contributed by atoms with Gasteiger partial charge in [-0.3, -0.25) is 4.90 Å². The molecule has 1 aromatic rings. The van der Waals surface area contributed by atoms with Crippen LogP contribution in [0.5, 0.6) is 0 Å². The molecule has 1 aromatic heterocycles. The predicted molar refractivity (Wildman–Crippen MR) is 76.1 cm³/mol. The van der Waals surface area contributed by atoms with Crippen LogP contribution in [-0.2, 0) is 4.74 Å². The van der Waals surface area contributed by atoms with E-state index in [-0.39, 0.29) is 0 Å². The molecule has 2 heterocycles. The van der Waals surface area contributed by atoms with Crippen molar-refractivity contribution in [3.8, 4) is 0 Å². The minimum atomic E-state index is 0.360. The summed E-state index contributed by atoms with van der Waals surface area (Å²) in [5, 5.41) is 0. The number of ether oxygens (including phenoxy) is 1. The normalized spacial score (nSPS) is 19.7. The first-order valence-corrected chi connectivity index (χ1v) is 7.32. The molecule has 1 aliphatic heterocycles. The molecule has 1 atom stereocenters. The van der Waals surface area contributed by atoms with Gasteiger partial charge in [-0.1, -0.05) is 0 Å². The number of piperidine rings is 1. The highest BCUT2D eigenvalue weighted by Crippen LogP contribution is 2.26. The van der Waals surface area contributed by atoms with E-state index in [4.69, 9.17) is 14.9 Å². The maximum atomic E-state index is 5.83. The van der Waals surface area contributed by atoms with Gasteiger partial charge in [-0.15, -0.1) is 0 Å². The summed E-state index contributed by atoms with van der Waals surface area (Å²) >= 11 is 0. The van der Waals surface area contributed by atoms with Gasteiger partial charge in [0.25, 0.3) is 0 Å². The molecule has 4 heteroatoms. The van der Waals surface area contributed by atoms with Crippen molar-refractivity contribution < 1.29 is 9.15 Å². The van der Waals surface area contributed by atoms with Gasteiger partial charge >= 0.3 is 0 Å². The zero-order chi connectivity index (χ0) is 13.7. The molecule has 1 aliphatic rings. The average Bonchev–Trinajstić information content (AvgIpc) is 2.86. The Hall–Kier alpha value is -0.840. The molecule has 0 spiro atoms. The second-order valence-corrected chi connectivity index (χ2v) is 5.37. The van der Waals surface area contributed by atoms with Crippen LogP contribution in [0.4, 0.5) is 0 Å². The first-order chi connectivity index (χ1) is 9.20. The zero-order valence-corrected chi connectivity index (χ0v) is 12.1. The highest BCUT2D eigenvalue weighted by molar-refractivity contribution is 5.09. The van der Waals surface area contributed by atoms with Crippen LogP contribution in [0.3, 0.4) is 0 Å². The Morgan fingerprint density at radius 3 is 2.74 bits per heavy atom. The van der Waals surface area contributed by atoms with Gasteiger partial charge in [0.2, 0.25) is 0 Å². The van der Waals surface area contributed by atoms with Gasteiger partial charge in [0, 0.05) is 19.7 Å². The zero-order valence-electron chi connectivity index (χ0n) is 12.1. The monoisotopic (exact) mass is 266 g/mol. The SMILES string of the molecule is Cc1ccc(C(C)N2CCC(OCCCN)CC2)o1. The third-order valence-electron chi connectivity index (χ3n) is 3.90. The topological polar surface area (TPSA) is 51.6 Å². The van der Waals surface area contributed by atoms with Gasteiger partial charge in [-0.05, 0) is 51.8 Å². The Kier molecular flexibility index (Phi) is 5.43. The fraction of sp³-hybridized carbons (Fsp3) is 0.733. The average molecular weight is 266 g/mol. The molecule has 0 radical (unpaired) electrons. The number of furan rings is 1. The van der Waals surface area contributed by atoms with Crippen molar-refractivity contribution in [3.63, 3.8) is 0 Å². The van der Waals surface area contributed by atoms with E-state index >= 15 is 0 Å². The quantitative estimate of drug-likeness (QED) is 0.804. The lowest BCUT2D eigenvalue weighted by molar-refractivity contribution is -0.00275. The van der Waals surface area contributed by atoms with Crippen LogP contribution in [0.25, 0.3) is 0 Å². The highest BCUT2D eigenvalue weighted by Gasteiger charge is 2.25. The number of hydrogen-bond donors (Lipinski definition) is 1. The molecule has 19 heavy (non-hydrogen) atoms. The molecule has 1 fully saturated rings. The number of aryl methyl sites for hydroxylation is 1. The number of rotatable bonds is 6. The van der Waals surface area contributed by atoms with Crippen LogP contribution >= 0.6 is 0 Å². The van der Waals surface area contributed by atoms with E-state index in [0.717, 1.165) is 50.5 Å². The smallest absolute Gasteiger partial charge is 0.121 e. The van der Waals surface area contributed by atoms with E-state index in [1.165, 1.54) is 0 Å². The molecule has 1 saturated heterocycles. The van der Waals surface area contributed by atoms with Crippen molar-refractivity contribution in [1.82, 2.24) is 4.90 Å². The molecule has 0 bridgehead atoms. The van der Waals surface area contributed by atoms with Crippen LogP contribution in [0, 0.1) is 6.92 Å². The molecule has 2 rings (SSSR count). The highest BCUT2D eigenvalue weighted by atomic mass is 16.5. The van der Waals surface area contributed by atoms with E-state index in [9.17, 15) is 0 Å². The number of likely N-dealkylation sites (tertiary alicyclic amines) is 1. The lowest BCUT2D eigenvalue weighted by Crippen LogP contribution is -2.38. The molecule has 4 nitrogen and oxygen atoms in total. The van der Waals surface area contributed by atoms with Gasteiger partial charge in [-0.25, -0.2) is 0 Å². The van der Waals surface area contributed by atoms with E-state index in [1.54, 1.807) is 0 Å². The molecular weight excluding hydrogens is 240 g/mol. The fourth-order valence-corrected chi connectivity index (χ4v) is 2.62. The Morgan fingerprint density at radius 1 is 1.42 bits per heavy atom. The molecule has 108 valence electrons. The minimum Gasteiger partial charge on any atom is -0.465 e. The van der Waals surface area contributed by atoms with Crippen molar-refractivity contribution in [2.75, 3.05) is 26.2 Å². The van der Waals surface area contributed by atoms with Crippen molar-refractivity contribution in [2.24, 2.45) is 5.73 Å². The maximum absolute atomic E-state index is 5.83. The summed E-state index contributed by atoms with van der Waals surface area (Å²) in [4.78, 5) is 2.47. The molecule has 0 aliphatic carbocycles. The summed E-state index contributed by atoms with van der Waals surface area (Å²) in [7, 11) is 0. The van der Waals surface area contributed by atoms with E-state index in [0.29, 0.717) is 18.7 Å². The van der Waals surface area contributed by atoms with Crippen LogP contribution < -0.4 is 5.73 Å². The van der Waals surface area contributed by atoms with Gasteiger partial charge in [0.15, 0.2) is 0 Å². The summed E-state index contributed by atoms with van der Waals surface area (Å²) in [5.41, 5.74) is 5.47. The van der Waals surface area contributed by atoms with E-state index in [1.807, 2.05) is 13.0 Å². The first-order valence-electron chi connectivity index (χ1n) is 7.32. The Labute approximate surface area is 115 Å². The Bertz CT molecular complexity index is 370. The largest absolute Gasteiger partial charge is 0.465 e. The molecule has 0 saturated carbocycles. The molecule has 1 unspecified atom stereocenters. The minimum absolute atomic E-state index is 0.360. The molecule has 2 N–H and O–H groups in total. The third-order valence-corrected chi connectivity index (χ3v) is 3.90. The van der Waals surface area contributed by atoms with E-state index < -0.39 is 0 Å². The van der Waals surface area contributed by atoms with E-state index in [2.05, 4.69) is 17.9 Å². The lowest BCUT2D eigenvalue weighted by Gasteiger charge is -2.35. The predicted octanol–water partition coefficient (Wildman–Crippen LogP) is 2.48. The standard InChI is InChI=1S/C15H26N2O2/c1-12-4-5-15(19-12)13(2)17-9-6-14(7-10-17)18-11-3-8-16/h4-5,13-14H,3,6-11,16H2,1-2H3. The summed E-state index contributed by atoms with van der Waals surface area (Å²) < 4.78 is 11.5. The van der Waals surface area contributed by atoms with Gasteiger partial charge in [0.1, 0.15) is 11.5 Å². The summed E-state index contributed by atoms with van der Waals surface area (Å²) in [6.07, 6.45) is 3.58. The third kappa shape index (κ3) is 4.06. The van der Waals surface area contributed by atoms with Crippen LogP contribution in [-0.4, -0.2) is 37.2 Å². The Morgan fingerprint density at radius 2 is 2.16 bits per heavy atom. The Balaban J connectivity index is 1.76. The van der Waals surface area contributed by atoms with Crippen molar-refractivity contribution in [2.45, 2.75) is 45.3 Å². The van der Waals surface area contributed by atoms with Crippen molar-refractivity contribution in [1.29, 1.82) is 0 Å². The summed E-state index contributed by atoms with van der Waals surface area (Å²) in [6.45, 7) is 7.88. The van der Waals surface area contributed by atoms with Gasteiger partial charge in [0.05, 0.1) is 12.1 Å². The first kappa shape index (κ1) is 14.6. The summed E-state index contributed by atoms with van der Waals surface area (Å²) in [6, 6.07) is 4.48. The molecule has 0 amide bonds. The van der Waals surface area contributed by atoms with Crippen LogP contribution in [0.2, 0.25) is 0 Å². The fourth-order valence-electron chi connectivity index (χ4n) is 2.62.